The van der Waals surface area contributed by atoms with Gasteiger partial charge in [0.15, 0.2) is 0 Å². The predicted octanol–water partition coefficient (Wildman–Crippen LogP) is -0.0624. The molecule has 0 aliphatic carbocycles. The fraction of sp³-hybridized carbons (Fsp3) is 0.909. The summed E-state index contributed by atoms with van der Waals surface area (Å²) < 4.78 is 5.06. The molecule has 16 heavy (non-hydrogen) atoms. The molecule has 0 spiro atoms. The maximum atomic E-state index is 11.4. The second-order valence-corrected chi connectivity index (χ2v) is 4.22. The molecule has 0 saturated carbocycles. The SMILES string of the molecule is CN(C)CCCOC(=O)[C@@H](N)CCCCN. The number of unbranched alkanes of at least 4 members (excludes halogenated alkanes) is 1. The van der Waals surface area contributed by atoms with Gasteiger partial charge in [-0.05, 0) is 39.9 Å². The van der Waals surface area contributed by atoms with Crippen molar-refractivity contribution in [3.63, 3.8) is 0 Å². The molecule has 0 aliphatic heterocycles. The molecular formula is C11H25N3O2. The fourth-order valence-electron chi connectivity index (χ4n) is 1.29. The Bertz CT molecular complexity index is 186. The quantitative estimate of drug-likeness (QED) is 0.429. The van der Waals surface area contributed by atoms with E-state index in [0.29, 0.717) is 19.6 Å². The summed E-state index contributed by atoms with van der Waals surface area (Å²) in [7, 11) is 3.97. The second kappa shape index (κ2) is 9.57. The van der Waals surface area contributed by atoms with Gasteiger partial charge in [-0.3, -0.25) is 4.79 Å². The molecule has 5 nitrogen and oxygen atoms in total. The maximum absolute atomic E-state index is 11.4. The van der Waals surface area contributed by atoms with Crippen molar-refractivity contribution < 1.29 is 9.53 Å². The van der Waals surface area contributed by atoms with E-state index >= 15 is 0 Å². The Morgan fingerprint density at radius 1 is 1.31 bits per heavy atom. The molecule has 0 heterocycles. The minimum absolute atomic E-state index is 0.296. The molecule has 1 atom stereocenters. The number of rotatable bonds is 9. The van der Waals surface area contributed by atoms with E-state index in [2.05, 4.69) is 4.90 Å². The van der Waals surface area contributed by atoms with Crippen molar-refractivity contribution in [2.45, 2.75) is 31.7 Å². The number of carbonyl (C=O) groups is 1. The van der Waals surface area contributed by atoms with Crippen LogP contribution in [0.3, 0.4) is 0 Å². The van der Waals surface area contributed by atoms with Crippen molar-refractivity contribution in [1.82, 2.24) is 4.90 Å². The molecule has 0 radical (unpaired) electrons. The lowest BCUT2D eigenvalue weighted by molar-refractivity contribution is -0.145. The average molecular weight is 231 g/mol. The van der Waals surface area contributed by atoms with Crippen molar-refractivity contribution >= 4 is 5.97 Å². The van der Waals surface area contributed by atoms with E-state index in [1.807, 2.05) is 14.1 Å². The van der Waals surface area contributed by atoms with Gasteiger partial charge >= 0.3 is 5.97 Å². The Labute approximate surface area is 98.1 Å². The standard InChI is InChI=1S/C11H25N3O2/c1-14(2)8-5-9-16-11(15)10(13)6-3-4-7-12/h10H,3-9,12-13H2,1-2H3/t10-/m0/s1. The van der Waals surface area contributed by atoms with Crippen LogP contribution in [-0.4, -0.2) is 50.7 Å². The average Bonchev–Trinajstić information content (AvgIpc) is 2.24. The number of hydrogen-bond acceptors (Lipinski definition) is 5. The van der Waals surface area contributed by atoms with Gasteiger partial charge in [-0.1, -0.05) is 6.42 Å². The van der Waals surface area contributed by atoms with Crippen LogP contribution >= 0.6 is 0 Å². The van der Waals surface area contributed by atoms with E-state index in [1.165, 1.54) is 0 Å². The Kier molecular flexibility index (Phi) is 9.18. The number of hydrogen-bond donors (Lipinski definition) is 2. The zero-order valence-corrected chi connectivity index (χ0v) is 10.4. The zero-order chi connectivity index (χ0) is 12.4. The number of ether oxygens (including phenoxy) is 1. The molecule has 0 aromatic heterocycles. The largest absolute Gasteiger partial charge is 0.464 e. The summed E-state index contributed by atoms with van der Waals surface area (Å²) in [4.78, 5) is 13.4. The topological polar surface area (TPSA) is 81.6 Å². The second-order valence-electron chi connectivity index (χ2n) is 4.22. The first kappa shape index (κ1) is 15.3. The number of carbonyl (C=O) groups excluding carboxylic acids is 1. The van der Waals surface area contributed by atoms with Crippen LogP contribution in [0.4, 0.5) is 0 Å². The zero-order valence-electron chi connectivity index (χ0n) is 10.4. The van der Waals surface area contributed by atoms with Gasteiger partial charge < -0.3 is 21.1 Å². The van der Waals surface area contributed by atoms with Crippen LogP contribution < -0.4 is 11.5 Å². The summed E-state index contributed by atoms with van der Waals surface area (Å²) in [6.45, 7) is 2.00. The lowest BCUT2D eigenvalue weighted by Gasteiger charge is -2.12. The third kappa shape index (κ3) is 8.64. The van der Waals surface area contributed by atoms with E-state index in [1.54, 1.807) is 0 Å². The van der Waals surface area contributed by atoms with E-state index in [4.69, 9.17) is 16.2 Å². The number of nitrogens with two attached hydrogens (primary N) is 2. The van der Waals surface area contributed by atoms with E-state index in [-0.39, 0.29) is 5.97 Å². The molecule has 5 heteroatoms. The molecule has 0 aromatic carbocycles. The predicted molar refractivity (Wildman–Crippen MR) is 65.0 cm³/mol. The summed E-state index contributed by atoms with van der Waals surface area (Å²) >= 11 is 0. The summed E-state index contributed by atoms with van der Waals surface area (Å²) in [6.07, 6.45) is 3.28. The summed E-state index contributed by atoms with van der Waals surface area (Å²) in [6, 6.07) is -0.495. The first-order valence-corrected chi connectivity index (χ1v) is 5.85. The van der Waals surface area contributed by atoms with Crippen molar-refractivity contribution in [3.05, 3.63) is 0 Å². The number of nitrogens with zero attached hydrogens (tertiary/aromatic N) is 1. The Balaban J connectivity index is 3.47. The van der Waals surface area contributed by atoms with Gasteiger partial charge in [-0.2, -0.15) is 0 Å². The van der Waals surface area contributed by atoms with Gasteiger partial charge in [0.05, 0.1) is 6.61 Å². The minimum atomic E-state index is -0.495. The smallest absolute Gasteiger partial charge is 0.322 e. The van der Waals surface area contributed by atoms with Crippen LogP contribution in [0.1, 0.15) is 25.7 Å². The normalized spacial score (nSPS) is 12.8. The number of esters is 1. The van der Waals surface area contributed by atoms with E-state index in [0.717, 1.165) is 25.8 Å². The third-order valence-corrected chi connectivity index (χ3v) is 2.27. The van der Waals surface area contributed by atoms with Crippen molar-refractivity contribution in [3.8, 4) is 0 Å². The Morgan fingerprint density at radius 3 is 2.56 bits per heavy atom. The van der Waals surface area contributed by atoms with Gasteiger partial charge in [0.25, 0.3) is 0 Å². The first-order chi connectivity index (χ1) is 7.57. The van der Waals surface area contributed by atoms with Crippen molar-refractivity contribution in [2.75, 3.05) is 33.8 Å². The van der Waals surface area contributed by atoms with Gasteiger partial charge in [0.2, 0.25) is 0 Å². The van der Waals surface area contributed by atoms with Gasteiger partial charge in [0, 0.05) is 6.54 Å². The molecule has 0 rings (SSSR count). The highest BCUT2D eigenvalue weighted by Crippen LogP contribution is 2.00. The molecule has 0 unspecified atom stereocenters. The van der Waals surface area contributed by atoms with Crippen molar-refractivity contribution in [2.24, 2.45) is 11.5 Å². The van der Waals surface area contributed by atoms with Gasteiger partial charge in [-0.15, -0.1) is 0 Å². The lowest BCUT2D eigenvalue weighted by Crippen LogP contribution is -2.32. The molecular weight excluding hydrogens is 206 g/mol. The molecule has 0 aromatic rings. The van der Waals surface area contributed by atoms with Crippen LogP contribution in [0.25, 0.3) is 0 Å². The molecule has 0 saturated heterocycles. The Morgan fingerprint density at radius 2 is 2.00 bits per heavy atom. The lowest BCUT2D eigenvalue weighted by atomic mass is 10.1. The first-order valence-electron chi connectivity index (χ1n) is 5.85. The summed E-state index contributed by atoms with van der Waals surface area (Å²) in [5, 5.41) is 0. The van der Waals surface area contributed by atoms with Gasteiger partial charge in [0.1, 0.15) is 6.04 Å². The molecule has 4 N–H and O–H groups in total. The molecule has 0 amide bonds. The minimum Gasteiger partial charge on any atom is -0.464 e. The molecule has 0 aliphatic rings. The monoisotopic (exact) mass is 231 g/mol. The molecule has 0 bridgehead atoms. The summed E-state index contributed by atoms with van der Waals surface area (Å²) in [5.74, 6) is -0.296. The highest BCUT2D eigenvalue weighted by atomic mass is 16.5. The fourth-order valence-corrected chi connectivity index (χ4v) is 1.29. The van der Waals surface area contributed by atoms with Crippen LogP contribution in [0.15, 0.2) is 0 Å². The van der Waals surface area contributed by atoms with Crippen LogP contribution in [0, 0.1) is 0 Å². The Hall–Kier alpha value is -0.650. The van der Waals surface area contributed by atoms with Crippen LogP contribution in [-0.2, 0) is 9.53 Å². The van der Waals surface area contributed by atoms with Crippen LogP contribution in [0.2, 0.25) is 0 Å². The molecule has 0 fully saturated rings. The van der Waals surface area contributed by atoms with Crippen LogP contribution in [0.5, 0.6) is 0 Å². The highest BCUT2D eigenvalue weighted by Gasteiger charge is 2.13. The highest BCUT2D eigenvalue weighted by molar-refractivity contribution is 5.75. The third-order valence-electron chi connectivity index (χ3n) is 2.27. The van der Waals surface area contributed by atoms with E-state index < -0.39 is 6.04 Å². The van der Waals surface area contributed by atoms with Crippen molar-refractivity contribution in [1.29, 1.82) is 0 Å². The maximum Gasteiger partial charge on any atom is 0.322 e. The summed E-state index contributed by atoms with van der Waals surface area (Å²) in [5.41, 5.74) is 11.0. The van der Waals surface area contributed by atoms with Gasteiger partial charge in [-0.25, -0.2) is 0 Å². The molecule has 96 valence electrons. The van der Waals surface area contributed by atoms with E-state index in [9.17, 15) is 4.79 Å².